The van der Waals surface area contributed by atoms with Gasteiger partial charge in [-0.25, -0.2) is 0 Å². The van der Waals surface area contributed by atoms with Crippen molar-refractivity contribution in [1.82, 2.24) is 4.90 Å². The minimum absolute atomic E-state index is 0.385. The van der Waals surface area contributed by atoms with E-state index < -0.39 is 0 Å². The Hall–Kier alpha value is -0.770. The summed E-state index contributed by atoms with van der Waals surface area (Å²) in [4.78, 5) is 6.93. The predicted molar refractivity (Wildman–Crippen MR) is 79.3 cm³/mol. The molecule has 4 heteroatoms. The third-order valence-electron chi connectivity index (χ3n) is 4.65. The highest BCUT2D eigenvalue weighted by Crippen LogP contribution is 2.44. The lowest BCUT2D eigenvalue weighted by Gasteiger charge is -2.41. The van der Waals surface area contributed by atoms with Gasteiger partial charge in [0.25, 0.3) is 0 Å². The summed E-state index contributed by atoms with van der Waals surface area (Å²) < 4.78 is 5.50. The van der Waals surface area contributed by atoms with E-state index in [1.807, 2.05) is 0 Å². The van der Waals surface area contributed by atoms with Crippen molar-refractivity contribution in [3.8, 4) is 0 Å². The molecule has 0 unspecified atom stereocenters. The van der Waals surface area contributed by atoms with Crippen molar-refractivity contribution >= 4 is 5.96 Å². The van der Waals surface area contributed by atoms with Gasteiger partial charge in [-0.3, -0.25) is 4.99 Å². The number of likely N-dealkylation sites (tertiary alicyclic amines) is 1. The molecule has 0 amide bonds. The molecule has 0 radical (unpaired) electrons. The zero-order valence-electron chi connectivity index (χ0n) is 12.4. The van der Waals surface area contributed by atoms with Gasteiger partial charge in [0.1, 0.15) is 0 Å². The molecule has 0 spiro atoms. The Morgan fingerprint density at radius 1 is 1.21 bits per heavy atom. The Morgan fingerprint density at radius 2 is 1.95 bits per heavy atom. The van der Waals surface area contributed by atoms with Crippen LogP contribution in [0.15, 0.2) is 4.99 Å². The van der Waals surface area contributed by atoms with Crippen LogP contribution in [-0.2, 0) is 4.74 Å². The van der Waals surface area contributed by atoms with E-state index >= 15 is 0 Å². The maximum atomic E-state index is 6.13. The molecule has 0 atom stereocenters. The van der Waals surface area contributed by atoms with Crippen LogP contribution in [0.5, 0.6) is 0 Å². The van der Waals surface area contributed by atoms with Crippen LogP contribution in [0.1, 0.15) is 51.9 Å². The molecule has 2 rings (SSSR count). The van der Waals surface area contributed by atoms with Gasteiger partial charge in [0.15, 0.2) is 5.96 Å². The van der Waals surface area contributed by atoms with Gasteiger partial charge in [0, 0.05) is 32.8 Å². The van der Waals surface area contributed by atoms with E-state index in [-0.39, 0.29) is 0 Å². The highest BCUT2D eigenvalue weighted by atomic mass is 16.5. The molecular weight excluding hydrogens is 238 g/mol. The fourth-order valence-electron chi connectivity index (χ4n) is 3.07. The standard InChI is InChI=1S/C15H29N3O/c1-2-19-12-9-15(7-6-8-15)13-17-14(16)18-10-4-3-5-11-18/h2-13H2,1H3,(H2,16,17). The first-order valence-corrected chi connectivity index (χ1v) is 7.88. The molecule has 2 fully saturated rings. The normalized spacial score (nSPS) is 23.2. The first-order valence-electron chi connectivity index (χ1n) is 7.88. The van der Waals surface area contributed by atoms with Gasteiger partial charge in [-0.15, -0.1) is 0 Å². The molecule has 1 saturated heterocycles. The maximum absolute atomic E-state index is 6.13. The van der Waals surface area contributed by atoms with Crippen LogP contribution in [-0.4, -0.2) is 43.7 Å². The molecule has 110 valence electrons. The summed E-state index contributed by atoms with van der Waals surface area (Å²) in [6.45, 7) is 6.80. The van der Waals surface area contributed by atoms with Crippen molar-refractivity contribution in [1.29, 1.82) is 0 Å². The van der Waals surface area contributed by atoms with Crippen LogP contribution in [0.3, 0.4) is 0 Å². The molecule has 0 aromatic heterocycles. The van der Waals surface area contributed by atoms with Gasteiger partial charge < -0.3 is 15.4 Å². The number of guanidine groups is 1. The Bertz CT molecular complexity index is 294. The van der Waals surface area contributed by atoms with Crippen LogP contribution < -0.4 is 5.73 Å². The lowest BCUT2D eigenvalue weighted by molar-refractivity contribution is 0.0607. The molecule has 4 nitrogen and oxygen atoms in total. The lowest BCUT2D eigenvalue weighted by atomic mass is 9.67. The zero-order chi connectivity index (χ0) is 13.6. The summed E-state index contributed by atoms with van der Waals surface area (Å²) in [5.74, 6) is 0.766. The second-order valence-electron chi connectivity index (χ2n) is 6.02. The quantitative estimate of drug-likeness (QED) is 0.457. The molecular formula is C15H29N3O. The molecule has 1 heterocycles. The van der Waals surface area contributed by atoms with Crippen LogP contribution in [0.25, 0.3) is 0 Å². The molecule has 0 aromatic carbocycles. The van der Waals surface area contributed by atoms with E-state index in [1.165, 1.54) is 38.5 Å². The number of piperidine rings is 1. The summed E-state index contributed by atoms with van der Waals surface area (Å²) in [5, 5.41) is 0. The minimum atomic E-state index is 0.385. The first kappa shape index (κ1) is 14.6. The summed E-state index contributed by atoms with van der Waals surface area (Å²) in [7, 11) is 0. The summed E-state index contributed by atoms with van der Waals surface area (Å²) in [6, 6.07) is 0. The smallest absolute Gasteiger partial charge is 0.191 e. The Kier molecular flexibility index (Phi) is 5.49. The van der Waals surface area contributed by atoms with Gasteiger partial charge in [0.2, 0.25) is 0 Å². The van der Waals surface area contributed by atoms with Gasteiger partial charge >= 0.3 is 0 Å². The number of nitrogens with zero attached hydrogens (tertiary/aromatic N) is 2. The SMILES string of the molecule is CCOCCC1(CN=C(N)N2CCCCC2)CCC1. The highest BCUT2D eigenvalue weighted by Gasteiger charge is 2.36. The first-order chi connectivity index (χ1) is 9.26. The fourth-order valence-corrected chi connectivity index (χ4v) is 3.07. The molecule has 0 aromatic rings. The highest BCUT2D eigenvalue weighted by molar-refractivity contribution is 5.78. The number of rotatable bonds is 6. The van der Waals surface area contributed by atoms with Gasteiger partial charge in [-0.2, -0.15) is 0 Å². The molecule has 2 aliphatic rings. The number of hydrogen-bond donors (Lipinski definition) is 1. The van der Waals surface area contributed by atoms with Crippen LogP contribution in [0, 0.1) is 5.41 Å². The summed E-state index contributed by atoms with van der Waals surface area (Å²) in [6.07, 6.45) is 8.90. The van der Waals surface area contributed by atoms with E-state index in [1.54, 1.807) is 0 Å². The molecule has 1 saturated carbocycles. The van der Waals surface area contributed by atoms with Crippen LogP contribution in [0.2, 0.25) is 0 Å². The van der Waals surface area contributed by atoms with Crippen molar-refractivity contribution in [2.24, 2.45) is 16.1 Å². The topological polar surface area (TPSA) is 50.9 Å². The number of ether oxygens (including phenoxy) is 1. The molecule has 1 aliphatic heterocycles. The van der Waals surface area contributed by atoms with E-state index in [4.69, 9.17) is 10.5 Å². The average molecular weight is 267 g/mol. The maximum Gasteiger partial charge on any atom is 0.191 e. The van der Waals surface area contributed by atoms with Crippen LogP contribution >= 0.6 is 0 Å². The monoisotopic (exact) mass is 267 g/mol. The van der Waals surface area contributed by atoms with Crippen LogP contribution in [0.4, 0.5) is 0 Å². The summed E-state index contributed by atoms with van der Waals surface area (Å²) in [5.41, 5.74) is 6.52. The van der Waals surface area contributed by atoms with E-state index in [9.17, 15) is 0 Å². The third-order valence-corrected chi connectivity index (χ3v) is 4.65. The lowest BCUT2D eigenvalue weighted by Crippen LogP contribution is -2.42. The zero-order valence-corrected chi connectivity index (χ0v) is 12.4. The number of nitrogens with two attached hydrogens (primary N) is 1. The molecule has 2 N–H and O–H groups in total. The van der Waals surface area contributed by atoms with Crippen molar-refractivity contribution in [2.75, 3.05) is 32.8 Å². The predicted octanol–water partition coefficient (Wildman–Crippen LogP) is 2.38. The Balaban J connectivity index is 1.80. The van der Waals surface area contributed by atoms with Crippen molar-refractivity contribution < 1.29 is 4.74 Å². The Labute approximate surface area is 117 Å². The molecule has 19 heavy (non-hydrogen) atoms. The third kappa shape index (κ3) is 4.10. The second-order valence-corrected chi connectivity index (χ2v) is 6.02. The van der Waals surface area contributed by atoms with E-state index in [0.29, 0.717) is 5.41 Å². The van der Waals surface area contributed by atoms with Crippen molar-refractivity contribution in [3.63, 3.8) is 0 Å². The van der Waals surface area contributed by atoms with Crippen molar-refractivity contribution in [2.45, 2.75) is 51.9 Å². The fraction of sp³-hybridized carbons (Fsp3) is 0.933. The van der Waals surface area contributed by atoms with Crippen molar-refractivity contribution in [3.05, 3.63) is 0 Å². The second kappa shape index (κ2) is 7.13. The summed E-state index contributed by atoms with van der Waals surface area (Å²) >= 11 is 0. The number of hydrogen-bond acceptors (Lipinski definition) is 2. The largest absolute Gasteiger partial charge is 0.382 e. The molecule has 1 aliphatic carbocycles. The van der Waals surface area contributed by atoms with Gasteiger partial charge in [-0.1, -0.05) is 6.42 Å². The van der Waals surface area contributed by atoms with Gasteiger partial charge in [-0.05, 0) is 50.9 Å². The van der Waals surface area contributed by atoms with E-state index in [2.05, 4.69) is 16.8 Å². The minimum Gasteiger partial charge on any atom is -0.382 e. The van der Waals surface area contributed by atoms with Gasteiger partial charge in [0.05, 0.1) is 0 Å². The number of aliphatic imine (C=N–C) groups is 1. The molecule has 0 bridgehead atoms. The Morgan fingerprint density at radius 3 is 2.53 bits per heavy atom. The van der Waals surface area contributed by atoms with E-state index in [0.717, 1.165) is 45.2 Å². The average Bonchev–Trinajstić information content (AvgIpc) is 2.41.